The Morgan fingerprint density at radius 3 is 2.63 bits per heavy atom. The number of nitrogens with two attached hydrogens (primary N) is 1. The van der Waals surface area contributed by atoms with Gasteiger partial charge in [0.2, 0.25) is 0 Å². The first-order valence-electron chi connectivity index (χ1n) is 7.16. The first-order chi connectivity index (χ1) is 8.90. The number of hydrogen-bond acceptors (Lipinski definition) is 3. The Kier molecular flexibility index (Phi) is 4.04. The van der Waals surface area contributed by atoms with Crippen molar-refractivity contribution in [3.8, 4) is 5.75 Å². The lowest BCUT2D eigenvalue weighted by molar-refractivity contribution is 0.227. The van der Waals surface area contributed by atoms with E-state index in [-0.39, 0.29) is 17.6 Å². The van der Waals surface area contributed by atoms with Crippen LogP contribution in [0.5, 0.6) is 5.75 Å². The van der Waals surface area contributed by atoms with Crippen molar-refractivity contribution in [1.82, 2.24) is 0 Å². The monoisotopic (exact) mass is 262 g/mol. The summed E-state index contributed by atoms with van der Waals surface area (Å²) >= 11 is 0. The van der Waals surface area contributed by atoms with Crippen molar-refractivity contribution in [1.29, 1.82) is 0 Å². The predicted octanol–water partition coefficient (Wildman–Crippen LogP) is 3.04. The summed E-state index contributed by atoms with van der Waals surface area (Å²) in [4.78, 5) is 2.35. The van der Waals surface area contributed by atoms with Crippen molar-refractivity contribution in [3.05, 3.63) is 24.3 Å². The Morgan fingerprint density at radius 2 is 2.00 bits per heavy atom. The second-order valence-electron chi connectivity index (χ2n) is 6.43. The third-order valence-electron chi connectivity index (χ3n) is 4.02. The second-order valence-corrected chi connectivity index (χ2v) is 6.43. The molecule has 0 radical (unpaired) electrons. The Hall–Kier alpha value is -1.22. The topological polar surface area (TPSA) is 38.5 Å². The summed E-state index contributed by atoms with van der Waals surface area (Å²) in [6.45, 7) is 10.6. The molecule has 1 aliphatic heterocycles. The van der Waals surface area contributed by atoms with Crippen molar-refractivity contribution < 1.29 is 4.74 Å². The van der Waals surface area contributed by atoms with E-state index >= 15 is 0 Å². The van der Waals surface area contributed by atoms with Crippen LogP contribution in [0.2, 0.25) is 0 Å². The van der Waals surface area contributed by atoms with Gasteiger partial charge in [-0.15, -0.1) is 0 Å². The summed E-state index contributed by atoms with van der Waals surface area (Å²) in [7, 11) is 0. The van der Waals surface area contributed by atoms with Gasteiger partial charge >= 0.3 is 0 Å². The number of benzene rings is 1. The standard InChI is InChI=1S/C16H26N2O/c1-12(2)19-14-8-6-5-7-13(14)18-10-9-16(3,4)15(17)11-18/h5-8,12,15H,9-11,17H2,1-4H3. The molecule has 1 unspecified atom stereocenters. The largest absolute Gasteiger partial charge is 0.489 e. The van der Waals surface area contributed by atoms with E-state index < -0.39 is 0 Å². The molecular weight excluding hydrogens is 236 g/mol. The molecule has 0 spiro atoms. The fraction of sp³-hybridized carbons (Fsp3) is 0.625. The molecule has 2 N–H and O–H groups in total. The van der Waals surface area contributed by atoms with E-state index in [0.29, 0.717) is 0 Å². The van der Waals surface area contributed by atoms with E-state index in [9.17, 15) is 0 Å². The number of hydrogen-bond donors (Lipinski definition) is 1. The van der Waals surface area contributed by atoms with E-state index in [1.165, 1.54) is 5.69 Å². The van der Waals surface area contributed by atoms with Gasteiger partial charge in [0, 0.05) is 19.1 Å². The van der Waals surface area contributed by atoms with E-state index in [1.807, 2.05) is 12.1 Å². The molecule has 19 heavy (non-hydrogen) atoms. The Balaban J connectivity index is 2.19. The average Bonchev–Trinajstić information content (AvgIpc) is 2.33. The molecule has 0 amide bonds. The molecule has 1 saturated heterocycles. The van der Waals surface area contributed by atoms with Crippen molar-refractivity contribution in [2.45, 2.75) is 46.3 Å². The number of rotatable bonds is 3. The summed E-state index contributed by atoms with van der Waals surface area (Å²) < 4.78 is 5.90. The molecule has 1 atom stereocenters. The normalized spacial score (nSPS) is 22.6. The van der Waals surface area contributed by atoms with Crippen LogP contribution < -0.4 is 15.4 Å². The van der Waals surface area contributed by atoms with Gasteiger partial charge in [-0.3, -0.25) is 0 Å². The highest BCUT2D eigenvalue weighted by atomic mass is 16.5. The third kappa shape index (κ3) is 3.21. The maximum Gasteiger partial charge on any atom is 0.142 e. The highest BCUT2D eigenvalue weighted by molar-refractivity contribution is 5.59. The lowest BCUT2D eigenvalue weighted by atomic mass is 9.78. The predicted molar refractivity (Wildman–Crippen MR) is 80.8 cm³/mol. The first-order valence-corrected chi connectivity index (χ1v) is 7.16. The third-order valence-corrected chi connectivity index (χ3v) is 4.02. The van der Waals surface area contributed by atoms with Crippen LogP contribution in [0.1, 0.15) is 34.1 Å². The molecule has 1 aromatic carbocycles. The molecule has 0 aromatic heterocycles. The minimum atomic E-state index is 0.191. The van der Waals surface area contributed by atoms with Crippen molar-refractivity contribution in [2.24, 2.45) is 11.1 Å². The smallest absolute Gasteiger partial charge is 0.142 e. The minimum Gasteiger partial charge on any atom is -0.489 e. The van der Waals surface area contributed by atoms with Crippen LogP contribution in [0.15, 0.2) is 24.3 Å². The molecule has 2 rings (SSSR count). The molecular formula is C16H26N2O. The molecule has 1 aromatic rings. The molecule has 1 fully saturated rings. The molecule has 0 aliphatic carbocycles. The molecule has 0 bridgehead atoms. The minimum absolute atomic E-state index is 0.191. The second kappa shape index (κ2) is 5.41. The highest BCUT2D eigenvalue weighted by Crippen LogP contribution is 2.35. The Bertz CT molecular complexity index is 429. The maximum absolute atomic E-state index is 6.31. The van der Waals surface area contributed by atoms with Crippen LogP contribution >= 0.6 is 0 Å². The van der Waals surface area contributed by atoms with Gasteiger partial charge in [-0.05, 0) is 37.8 Å². The maximum atomic E-state index is 6.31. The van der Waals surface area contributed by atoms with E-state index in [2.05, 4.69) is 44.7 Å². The molecule has 3 heteroatoms. The molecule has 1 aliphatic rings. The summed E-state index contributed by atoms with van der Waals surface area (Å²) in [5.41, 5.74) is 7.70. The lowest BCUT2D eigenvalue weighted by Gasteiger charge is -2.43. The number of para-hydroxylation sites is 2. The van der Waals surface area contributed by atoms with Crippen molar-refractivity contribution in [2.75, 3.05) is 18.0 Å². The van der Waals surface area contributed by atoms with Gasteiger partial charge in [0.1, 0.15) is 5.75 Å². The number of anilines is 1. The van der Waals surface area contributed by atoms with Crippen LogP contribution in [0.4, 0.5) is 5.69 Å². The summed E-state index contributed by atoms with van der Waals surface area (Å²) in [6.07, 6.45) is 1.31. The van der Waals surface area contributed by atoms with Gasteiger partial charge in [-0.2, -0.15) is 0 Å². The van der Waals surface area contributed by atoms with Crippen molar-refractivity contribution >= 4 is 5.69 Å². The van der Waals surface area contributed by atoms with Crippen LogP contribution in [0.25, 0.3) is 0 Å². The van der Waals surface area contributed by atoms with Crippen LogP contribution in [-0.4, -0.2) is 25.2 Å². The number of piperidine rings is 1. The van der Waals surface area contributed by atoms with Gasteiger partial charge < -0.3 is 15.4 Å². The van der Waals surface area contributed by atoms with Crippen LogP contribution in [0, 0.1) is 5.41 Å². The Labute approximate surface area is 116 Å². The highest BCUT2D eigenvalue weighted by Gasteiger charge is 2.33. The van der Waals surface area contributed by atoms with E-state index in [0.717, 1.165) is 25.3 Å². The molecule has 0 saturated carbocycles. The first kappa shape index (κ1) is 14.2. The summed E-state index contributed by atoms with van der Waals surface area (Å²) in [6, 6.07) is 8.46. The van der Waals surface area contributed by atoms with Crippen LogP contribution in [-0.2, 0) is 0 Å². The van der Waals surface area contributed by atoms with Gasteiger partial charge in [0.05, 0.1) is 11.8 Å². The Morgan fingerprint density at radius 1 is 1.32 bits per heavy atom. The zero-order chi connectivity index (χ0) is 14.0. The average molecular weight is 262 g/mol. The van der Waals surface area contributed by atoms with Crippen molar-refractivity contribution in [3.63, 3.8) is 0 Å². The van der Waals surface area contributed by atoms with E-state index in [1.54, 1.807) is 0 Å². The summed E-state index contributed by atoms with van der Waals surface area (Å²) in [5.74, 6) is 0.962. The molecule has 106 valence electrons. The lowest BCUT2D eigenvalue weighted by Crippen LogP contribution is -2.53. The van der Waals surface area contributed by atoms with Gasteiger partial charge in [-0.25, -0.2) is 0 Å². The van der Waals surface area contributed by atoms with Gasteiger partial charge in [-0.1, -0.05) is 26.0 Å². The molecule has 3 nitrogen and oxygen atoms in total. The SMILES string of the molecule is CC(C)Oc1ccccc1N1CCC(C)(C)C(N)C1. The van der Waals surface area contributed by atoms with Gasteiger partial charge in [0.15, 0.2) is 0 Å². The fourth-order valence-electron chi connectivity index (χ4n) is 2.48. The number of ether oxygens (including phenoxy) is 1. The zero-order valence-corrected chi connectivity index (χ0v) is 12.5. The zero-order valence-electron chi connectivity index (χ0n) is 12.5. The number of nitrogens with zero attached hydrogens (tertiary/aromatic N) is 1. The molecule has 1 heterocycles. The summed E-state index contributed by atoms with van der Waals surface area (Å²) in [5, 5.41) is 0. The quantitative estimate of drug-likeness (QED) is 0.910. The van der Waals surface area contributed by atoms with Gasteiger partial charge in [0.25, 0.3) is 0 Å². The fourth-order valence-corrected chi connectivity index (χ4v) is 2.48. The van der Waals surface area contributed by atoms with E-state index in [4.69, 9.17) is 10.5 Å². The van der Waals surface area contributed by atoms with Crippen LogP contribution in [0.3, 0.4) is 0 Å².